The Morgan fingerprint density at radius 1 is 1.30 bits per heavy atom. The normalized spacial score (nSPS) is 12.7. The highest BCUT2D eigenvalue weighted by Crippen LogP contribution is 2.29. The molecule has 1 heterocycles. The van der Waals surface area contributed by atoms with Crippen LogP contribution in [0, 0.1) is 0 Å². The smallest absolute Gasteiger partial charge is 0.335 e. The van der Waals surface area contributed by atoms with Gasteiger partial charge in [0.25, 0.3) is 0 Å². The fraction of sp³-hybridized carbons (Fsp3) is 0.333. The molecule has 4 nitrogen and oxygen atoms in total. The molecule has 0 spiro atoms. The van der Waals surface area contributed by atoms with Gasteiger partial charge in [0.05, 0.1) is 12.1 Å². The largest absolute Gasteiger partial charge is 0.416 e. The van der Waals surface area contributed by atoms with Crippen LogP contribution in [0.15, 0.2) is 35.8 Å². The number of benzene rings is 1. The molecule has 0 radical (unpaired) electrons. The van der Waals surface area contributed by atoms with Crippen LogP contribution in [0.4, 0.5) is 18.0 Å². The summed E-state index contributed by atoms with van der Waals surface area (Å²) in [5.74, 6) is 0. The topological polar surface area (TPSA) is 54.0 Å². The minimum Gasteiger partial charge on any atom is -0.335 e. The number of carbonyl (C=O) groups excluding carboxylic acids is 1. The van der Waals surface area contributed by atoms with Gasteiger partial charge >= 0.3 is 12.2 Å². The van der Waals surface area contributed by atoms with Crippen LogP contribution in [-0.2, 0) is 19.1 Å². The first-order chi connectivity index (χ1) is 10.8. The second-order valence-electron chi connectivity index (χ2n) is 5.05. The third kappa shape index (κ3) is 5.55. The fourth-order valence-electron chi connectivity index (χ4n) is 2.01. The molecule has 23 heavy (non-hydrogen) atoms. The molecule has 8 heteroatoms. The van der Waals surface area contributed by atoms with Crippen molar-refractivity contribution in [3.05, 3.63) is 52.0 Å². The molecule has 0 bridgehead atoms. The summed E-state index contributed by atoms with van der Waals surface area (Å²) in [7, 11) is 0. The lowest BCUT2D eigenvalue weighted by atomic mass is 10.1. The van der Waals surface area contributed by atoms with Crippen LogP contribution < -0.4 is 10.6 Å². The van der Waals surface area contributed by atoms with Gasteiger partial charge in [-0.2, -0.15) is 13.2 Å². The zero-order valence-corrected chi connectivity index (χ0v) is 13.2. The number of hydrogen-bond acceptors (Lipinski definition) is 3. The maximum absolute atomic E-state index is 12.5. The van der Waals surface area contributed by atoms with Crippen molar-refractivity contribution in [1.29, 1.82) is 0 Å². The molecular weight excluding hydrogens is 327 g/mol. The van der Waals surface area contributed by atoms with E-state index in [1.807, 2.05) is 5.38 Å². The Bertz CT molecular complexity index is 626. The molecule has 0 aliphatic carbocycles. The van der Waals surface area contributed by atoms with Gasteiger partial charge in [0.15, 0.2) is 0 Å². The van der Waals surface area contributed by atoms with E-state index in [1.54, 1.807) is 13.1 Å². The number of rotatable bonds is 5. The van der Waals surface area contributed by atoms with Crippen molar-refractivity contribution in [1.82, 2.24) is 15.6 Å². The lowest BCUT2D eigenvalue weighted by Gasteiger charge is -2.15. The van der Waals surface area contributed by atoms with Gasteiger partial charge in [-0.25, -0.2) is 9.78 Å². The van der Waals surface area contributed by atoms with Crippen LogP contribution >= 0.6 is 11.3 Å². The molecular formula is C15H16F3N3OS. The monoisotopic (exact) mass is 343 g/mol. The lowest BCUT2D eigenvalue weighted by molar-refractivity contribution is -0.137. The van der Waals surface area contributed by atoms with Gasteiger partial charge in [0.2, 0.25) is 0 Å². The molecule has 0 saturated heterocycles. The van der Waals surface area contributed by atoms with E-state index in [9.17, 15) is 18.0 Å². The van der Waals surface area contributed by atoms with Gasteiger partial charge in [-0.3, -0.25) is 0 Å². The van der Waals surface area contributed by atoms with Crippen LogP contribution in [0.1, 0.15) is 23.1 Å². The summed E-state index contributed by atoms with van der Waals surface area (Å²) in [4.78, 5) is 15.8. The molecule has 0 aliphatic rings. The Balaban J connectivity index is 1.79. The summed E-state index contributed by atoms with van der Waals surface area (Å²) < 4.78 is 37.5. The molecule has 1 aromatic heterocycles. The van der Waals surface area contributed by atoms with Crippen molar-refractivity contribution in [2.45, 2.75) is 32.1 Å². The van der Waals surface area contributed by atoms with Gasteiger partial charge in [0.1, 0.15) is 5.01 Å². The summed E-state index contributed by atoms with van der Waals surface area (Å²) in [5.41, 5.74) is 0.0498. The molecule has 0 unspecified atom stereocenters. The van der Waals surface area contributed by atoms with E-state index in [2.05, 4.69) is 15.6 Å². The van der Waals surface area contributed by atoms with E-state index < -0.39 is 11.7 Å². The number of amides is 2. The highest BCUT2D eigenvalue weighted by Gasteiger charge is 2.29. The Morgan fingerprint density at radius 2 is 2.00 bits per heavy atom. The van der Waals surface area contributed by atoms with Crippen molar-refractivity contribution in [2.75, 3.05) is 0 Å². The number of nitrogens with zero attached hydrogens (tertiary/aromatic N) is 1. The third-order valence-electron chi connectivity index (χ3n) is 3.08. The van der Waals surface area contributed by atoms with E-state index in [1.165, 1.54) is 23.5 Å². The van der Waals surface area contributed by atoms with E-state index >= 15 is 0 Å². The van der Waals surface area contributed by atoms with Crippen molar-refractivity contribution in [3.8, 4) is 0 Å². The van der Waals surface area contributed by atoms with Crippen molar-refractivity contribution in [3.63, 3.8) is 0 Å². The van der Waals surface area contributed by atoms with E-state index in [-0.39, 0.29) is 12.1 Å². The highest BCUT2D eigenvalue weighted by molar-refractivity contribution is 7.09. The van der Waals surface area contributed by atoms with Gasteiger partial charge in [-0.05, 0) is 31.0 Å². The first kappa shape index (κ1) is 17.3. The average molecular weight is 343 g/mol. The molecule has 0 saturated carbocycles. The molecule has 1 aromatic carbocycles. The summed E-state index contributed by atoms with van der Waals surface area (Å²) in [5, 5.41) is 8.04. The number of thiazole rings is 1. The summed E-state index contributed by atoms with van der Waals surface area (Å²) in [6, 6.07) is 4.40. The van der Waals surface area contributed by atoms with Crippen molar-refractivity contribution >= 4 is 17.4 Å². The predicted molar refractivity (Wildman–Crippen MR) is 82.1 cm³/mol. The van der Waals surface area contributed by atoms with E-state index in [0.717, 1.165) is 22.7 Å². The highest BCUT2D eigenvalue weighted by atomic mass is 32.1. The Morgan fingerprint density at radius 3 is 2.57 bits per heavy atom. The molecule has 0 aliphatic heterocycles. The summed E-state index contributed by atoms with van der Waals surface area (Å²) in [6.07, 6.45) is -2.23. The van der Waals surface area contributed by atoms with Gasteiger partial charge in [-0.15, -0.1) is 11.3 Å². The Kier molecular flexibility index (Phi) is 5.59. The number of nitrogens with one attached hydrogen (secondary N) is 2. The van der Waals surface area contributed by atoms with Crippen LogP contribution in [0.5, 0.6) is 0 Å². The van der Waals surface area contributed by atoms with Crippen LogP contribution in [0.25, 0.3) is 0 Å². The average Bonchev–Trinajstić information content (AvgIpc) is 2.98. The van der Waals surface area contributed by atoms with E-state index in [0.29, 0.717) is 13.0 Å². The Hall–Kier alpha value is -2.09. The first-order valence-corrected chi connectivity index (χ1v) is 7.81. The molecule has 1 atom stereocenters. The minimum absolute atomic E-state index is 0.206. The lowest BCUT2D eigenvalue weighted by Crippen LogP contribution is -2.41. The van der Waals surface area contributed by atoms with Crippen LogP contribution in [-0.4, -0.2) is 17.1 Å². The second kappa shape index (κ2) is 7.45. The molecule has 2 rings (SSSR count). The molecule has 124 valence electrons. The van der Waals surface area contributed by atoms with Gasteiger partial charge in [0, 0.05) is 17.6 Å². The number of aromatic nitrogens is 1. The molecule has 2 aromatic rings. The maximum atomic E-state index is 12.5. The Labute approximate surface area is 135 Å². The zero-order valence-electron chi connectivity index (χ0n) is 12.4. The zero-order chi connectivity index (χ0) is 16.9. The van der Waals surface area contributed by atoms with Crippen molar-refractivity contribution < 1.29 is 18.0 Å². The molecule has 2 amide bonds. The standard InChI is InChI=1S/C15H16F3N3OS/c1-10(21-14(22)20-9-13-19-6-7-23-13)8-11-2-4-12(5-3-11)15(16,17)18/h2-7,10H,8-9H2,1H3,(H2,20,21,22)/t10-/m1/s1. The first-order valence-electron chi connectivity index (χ1n) is 6.93. The van der Waals surface area contributed by atoms with Gasteiger partial charge in [-0.1, -0.05) is 12.1 Å². The number of urea groups is 1. The summed E-state index contributed by atoms with van der Waals surface area (Å²) in [6.45, 7) is 2.14. The number of halogens is 3. The van der Waals surface area contributed by atoms with Crippen LogP contribution in [0.3, 0.4) is 0 Å². The SMILES string of the molecule is C[C@H](Cc1ccc(C(F)(F)F)cc1)NC(=O)NCc1nccs1. The summed E-state index contributed by atoms with van der Waals surface area (Å²) >= 11 is 1.44. The fourth-order valence-corrected chi connectivity index (χ4v) is 2.56. The van der Waals surface area contributed by atoms with Gasteiger partial charge < -0.3 is 10.6 Å². The maximum Gasteiger partial charge on any atom is 0.416 e. The minimum atomic E-state index is -4.34. The molecule has 2 N–H and O–H groups in total. The third-order valence-corrected chi connectivity index (χ3v) is 3.86. The quantitative estimate of drug-likeness (QED) is 0.872. The van der Waals surface area contributed by atoms with Crippen LogP contribution in [0.2, 0.25) is 0 Å². The number of hydrogen-bond donors (Lipinski definition) is 2. The number of carbonyl (C=O) groups is 1. The predicted octanol–water partition coefficient (Wildman–Crippen LogP) is 3.59. The number of alkyl halides is 3. The van der Waals surface area contributed by atoms with E-state index in [4.69, 9.17) is 0 Å². The molecule has 0 fully saturated rings. The second-order valence-corrected chi connectivity index (χ2v) is 6.03. The van der Waals surface area contributed by atoms with Crippen molar-refractivity contribution in [2.24, 2.45) is 0 Å².